The number of sulfonamides is 2. The molecule has 0 bridgehead atoms. The minimum atomic E-state index is -3.85. The number of piperazine rings is 1. The van der Waals surface area contributed by atoms with Crippen LogP contribution in [-0.4, -0.2) is 65.2 Å². The largest absolute Gasteiger partial charge is 0.497 e. The number of methoxy groups -OCH3 is 1. The molecule has 0 atom stereocenters. The smallest absolute Gasteiger partial charge is 0.261 e. The molecule has 1 aliphatic heterocycles. The number of nitrogens with one attached hydrogen (secondary N) is 1. The first-order valence-electron chi connectivity index (χ1n) is 11.5. The Hall–Kier alpha value is -3.67. The average Bonchev–Trinajstić information content (AvgIpc) is 2.92. The highest BCUT2D eigenvalue weighted by Gasteiger charge is 2.28. The Bertz CT molecular complexity index is 1460. The maximum Gasteiger partial charge on any atom is 0.261 e. The monoisotopic (exact) mass is 541 g/mol. The molecule has 0 aromatic heterocycles. The number of hydrogen-bond acceptors (Lipinski definition) is 6. The highest BCUT2D eigenvalue weighted by molar-refractivity contribution is 7.92. The van der Waals surface area contributed by atoms with Gasteiger partial charge in [0.15, 0.2) is 0 Å². The van der Waals surface area contributed by atoms with Crippen LogP contribution in [-0.2, 0) is 20.0 Å². The molecule has 37 heavy (non-hydrogen) atoms. The summed E-state index contributed by atoms with van der Waals surface area (Å²) in [5, 5.41) is 1.18. The van der Waals surface area contributed by atoms with Crippen LogP contribution >= 0.6 is 0 Å². The van der Waals surface area contributed by atoms with Crippen molar-refractivity contribution >= 4 is 37.7 Å². The van der Waals surface area contributed by atoms with Crippen molar-refractivity contribution in [2.45, 2.75) is 4.90 Å². The SMILES string of the molecule is COc1ccc(NS(=O)(=O)c2ccc(C(=O)N3CCN(S(=O)(=O)C=Cc4ccccc4)CC3)cc2)cc1. The summed E-state index contributed by atoms with van der Waals surface area (Å²) in [4.78, 5) is 14.5. The average molecular weight is 542 g/mol. The number of benzene rings is 3. The molecule has 194 valence electrons. The third-order valence-electron chi connectivity index (χ3n) is 5.87. The normalized spacial score (nSPS) is 15.0. The number of carbonyl (C=O) groups is 1. The van der Waals surface area contributed by atoms with Gasteiger partial charge in [-0.2, -0.15) is 4.31 Å². The molecule has 1 heterocycles. The summed E-state index contributed by atoms with van der Waals surface area (Å²) in [6, 6.07) is 21.3. The zero-order valence-electron chi connectivity index (χ0n) is 20.1. The van der Waals surface area contributed by atoms with Gasteiger partial charge in [0, 0.05) is 42.8 Å². The molecule has 0 unspecified atom stereocenters. The van der Waals surface area contributed by atoms with Gasteiger partial charge in [0.05, 0.1) is 12.0 Å². The molecule has 4 rings (SSSR count). The molecule has 0 radical (unpaired) electrons. The number of carbonyl (C=O) groups excluding carboxylic acids is 1. The summed E-state index contributed by atoms with van der Waals surface area (Å²) in [7, 11) is -5.94. The van der Waals surface area contributed by atoms with Gasteiger partial charge in [-0.25, -0.2) is 16.8 Å². The summed E-state index contributed by atoms with van der Waals surface area (Å²) in [6.45, 7) is 0.809. The quantitative estimate of drug-likeness (QED) is 0.469. The van der Waals surface area contributed by atoms with E-state index in [1.807, 2.05) is 30.3 Å². The van der Waals surface area contributed by atoms with Crippen molar-refractivity contribution in [3.05, 3.63) is 95.4 Å². The fourth-order valence-electron chi connectivity index (χ4n) is 3.79. The van der Waals surface area contributed by atoms with Crippen LogP contribution in [0.1, 0.15) is 15.9 Å². The standard InChI is InChI=1S/C26H27N3O6S2/c1-35-24-11-9-23(10-12-24)27-37(33,34)25-13-7-22(8-14-25)26(30)28-16-18-29(19-17-28)36(31,32)20-15-21-5-3-2-4-6-21/h2-15,20,27H,16-19H2,1H3. The Balaban J connectivity index is 1.36. The maximum absolute atomic E-state index is 12.9. The summed E-state index contributed by atoms with van der Waals surface area (Å²) < 4.78 is 59.7. The van der Waals surface area contributed by atoms with Crippen molar-refractivity contribution in [2.24, 2.45) is 0 Å². The highest BCUT2D eigenvalue weighted by atomic mass is 32.2. The Morgan fingerprint density at radius 2 is 1.46 bits per heavy atom. The van der Waals surface area contributed by atoms with Crippen molar-refractivity contribution in [1.82, 2.24) is 9.21 Å². The lowest BCUT2D eigenvalue weighted by atomic mass is 10.2. The van der Waals surface area contributed by atoms with Crippen molar-refractivity contribution in [2.75, 3.05) is 38.0 Å². The van der Waals surface area contributed by atoms with E-state index >= 15 is 0 Å². The minimum absolute atomic E-state index is 0.0148. The van der Waals surface area contributed by atoms with E-state index < -0.39 is 20.0 Å². The van der Waals surface area contributed by atoms with Crippen molar-refractivity contribution in [3.8, 4) is 5.75 Å². The fraction of sp³-hybridized carbons (Fsp3) is 0.192. The third-order valence-corrected chi connectivity index (χ3v) is 8.83. The van der Waals surface area contributed by atoms with Gasteiger partial charge in [0.1, 0.15) is 5.75 Å². The molecule has 1 amide bonds. The van der Waals surface area contributed by atoms with E-state index in [9.17, 15) is 21.6 Å². The minimum Gasteiger partial charge on any atom is -0.497 e. The molecular formula is C26H27N3O6S2. The van der Waals surface area contributed by atoms with Crippen LogP contribution in [0.2, 0.25) is 0 Å². The predicted molar refractivity (Wildman–Crippen MR) is 142 cm³/mol. The first-order chi connectivity index (χ1) is 17.7. The van der Waals surface area contributed by atoms with Crippen LogP contribution in [0, 0.1) is 0 Å². The third kappa shape index (κ3) is 6.56. The predicted octanol–water partition coefficient (Wildman–Crippen LogP) is 3.25. The number of anilines is 1. The molecule has 3 aromatic rings. The molecular weight excluding hydrogens is 514 g/mol. The van der Waals surface area contributed by atoms with Crippen LogP contribution in [0.3, 0.4) is 0 Å². The summed E-state index contributed by atoms with van der Waals surface area (Å²) in [6.07, 6.45) is 1.55. The molecule has 0 spiro atoms. The van der Waals surface area contributed by atoms with Crippen LogP contribution in [0.5, 0.6) is 5.75 Å². The summed E-state index contributed by atoms with van der Waals surface area (Å²) in [5.74, 6) is 0.317. The van der Waals surface area contributed by atoms with Crippen LogP contribution < -0.4 is 9.46 Å². The van der Waals surface area contributed by atoms with Crippen molar-refractivity contribution in [1.29, 1.82) is 0 Å². The molecule has 1 N–H and O–H groups in total. The molecule has 0 saturated carbocycles. The second kappa shape index (κ2) is 11.2. The van der Waals surface area contributed by atoms with E-state index in [0.29, 0.717) is 17.0 Å². The fourth-order valence-corrected chi connectivity index (χ4v) is 6.02. The van der Waals surface area contributed by atoms with Gasteiger partial charge >= 0.3 is 0 Å². The Labute approximate surface area is 217 Å². The topological polar surface area (TPSA) is 113 Å². The van der Waals surface area contributed by atoms with E-state index in [4.69, 9.17) is 4.74 Å². The molecule has 9 nitrogen and oxygen atoms in total. The van der Waals surface area contributed by atoms with E-state index in [0.717, 1.165) is 5.56 Å². The second-order valence-corrected chi connectivity index (χ2v) is 11.8. The van der Waals surface area contributed by atoms with Crippen LogP contribution in [0.25, 0.3) is 6.08 Å². The number of rotatable bonds is 8. The lowest BCUT2D eigenvalue weighted by Crippen LogP contribution is -2.50. The van der Waals surface area contributed by atoms with Crippen molar-refractivity contribution < 1.29 is 26.4 Å². The molecule has 1 fully saturated rings. The van der Waals surface area contributed by atoms with E-state index in [1.54, 1.807) is 35.2 Å². The molecule has 0 aliphatic carbocycles. The van der Waals surface area contributed by atoms with Crippen LogP contribution in [0.4, 0.5) is 5.69 Å². The number of hydrogen-bond donors (Lipinski definition) is 1. The molecule has 1 aliphatic rings. The van der Waals surface area contributed by atoms with E-state index in [2.05, 4.69) is 4.72 Å². The van der Waals surface area contributed by atoms with Crippen LogP contribution in [0.15, 0.2) is 89.2 Å². The maximum atomic E-state index is 12.9. The van der Waals surface area contributed by atoms with Gasteiger partial charge in [-0.1, -0.05) is 30.3 Å². The van der Waals surface area contributed by atoms with E-state index in [-0.39, 0.29) is 37.0 Å². The second-order valence-electron chi connectivity index (χ2n) is 8.31. The molecule has 11 heteroatoms. The van der Waals surface area contributed by atoms with Gasteiger partial charge in [-0.3, -0.25) is 9.52 Å². The highest BCUT2D eigenvalue weighted by Crippen LogP contribution is 2.20. The number of amides is 1. The zero-order chi connectivity index (χ0) is 26.5. The van der Waals surface area contributed by atoms with Gasteiger partial charge in [-0.05, 0) is 60.2 Å². The van der Waals surface area contributed by atoms with Gasteiger partial charge < -0.3 is 9.64 Å². The van der Waals surface area contributed by atoms with Gasteiger partial charge in [0.2, 0.25) is 10.0 Å². The number of ether oxygens (including phenoxy) is 1. The van der Waals surface area contributed by atoms with Crippen molar-refractivity contribution in [3.63, 3.8) is 0 Å². The van der Waals surface area contributed by atoms with E-state index in [1.165, 1.54) is 41.1 Å². The summed E-state index contributed by atoms with van der Waals surface area (Å²) >= 11 is 0. The van der Waals surface area contributed by atoms with Gasteiger partial charge in [-0.15, -0.1) is 0 Å². The Morgan fingerprint density at radius 1 is 0.838 bits per heavy atom. The first kappa shape index (κ1) is 26.4. The number of nitrogens with zero attached hydrogens (tertiary/aromatic N) is 2. The van der Waals surface area contributed by atoms with Gasteiger partial charge in [0.25, 0.3) is 15.9 Å². The molecule has 1 saturated heterocycles. The first-order valence-corrected chi connectivity index (χ1v) is 14.5. The lowest BCUT2D eigenvalue weighted by Gasteiger charge is -2.33. The Morgan fingerprint density at radius 3 is 2.05 bits per heavy atom. The Kier molecular flexibility index (Phi) is 7.96. The molecule has 3 aromatic carbocycles. The zero-order valence-corrected chi connectivity index (χ0v) is 21.8. The summed E-state index contributed by atoms with van der Waals surface area (Å²) in [5.41, 5.74) is 1.49. The lowest BCUT2D eigenvalue weighted by molar-refractivity contribution is 0.0698.